The molecule has 5 heteroatoms. The smallest absolute Gasteiger partial charge is 0.132 e. The number of nitrogens with two attached hydrogens (primary N) is 1. The van der Waals surface area contributed by atoms with Crippen molar-refractivity contribution in [1.29, 1.82) is 0 Å². The number of hydrogen-bond donors (Lipinski definition) is 1. The standard InChI is InChI=1S/C14H17Cl2N3/c1-8-18-12(13(17)19(8)14(2,3)4)10-6-5-9(15)7-11(10)16/h5-7H,17H2,1-4H3. The fourth-order valence-electron chi connectivity index (χ4n) is 2.28. The van der Waals surface area contributed by atoms with Gasteiger partial charge in [0.2, 0.25) is 0 Å². The van der Waals surface area contributed by atoms with Gasteiger partial charge in [0.25, 0.3) is 0 Å². The molecule has 19 heavy (non-hydrogen) atoms. The van der Waals surface area contributed by atoms with Gasteiger partial charge in [0.15, 0.2) is 0 Å². The van der Waals surface area contributed by atoms with Crippen molar-refractivity contribution in [2.24, 2.45) is 0 Å². The van der Waals surface area contributed by atoms with Crippen molar-refractivity contribution in [2.75, 3.05) is 5.73 Å². The van der Waals surface area contributed by atoms with Gasteiger partial charge in [-0.25, -0.2) is 4.98 Å². The summed E-state index contributed by atoms with van der Waals surface area (Å²) in [5.41, 5.74) is 7.61. The summed E-state index contributed by atoms with van der Waals surface area (Å²) in [7, 11) is 0. The van der Waals surface area contributed by atoms with Crippen LogP contribution in [0.5, 0.6) is 0 Å². The van der Waals surface area contributed by atoms with E-state index in [4.69, 9.17) is 28.9 Å². The Kier molecular flexibility index (Phi) is 3.54. The Morgan fingerprint density at radius 2 is 1.84 bits per heavy atom. The van der Waals surface area contributed by atoms with Crippen LogP contribution in [-0.2, 0) is 5.54 Å². The highest BCUT2D eigenvalue weighted by atomic mass is 35.5. The van der Waals surface area contributed by atoms with E-state index in [1.807, 2.05) is 17.6 Å². The van der Waals surface area contributed by atoms with Gasteiger partial charge in [0.05, 0.1) is 5.02 Å². The summed E-state index contributed by atoms with van der Waals surface area (Å²) in [5.74, 6) is 1.49. The van der Waals surface area contributed by atoms with E-state index in [-0.39, 0.29) is 5.54 Å². The van der Waals surface area contributed by atoms with Gasteiger partial charge < -0.3 is 10.3 Å². The molecule has 1 aromatic heterocycles. The predicted molar refractivity (Wildman–Crippen MR) is 81.8 cm³/mol. The molecule has 2 aromatic rings. The molecule has 0 radical (unpaired) electrons. The number of halogens is 2. The topological polar surface area (TPSA) is 43.8 Å². The van der Waals surface area contributed by atoms with Gasteiger partial charge in [0, 0.05) is 16.1 Å². The number of imidazole rings is 1. The Morgan fingerprint density at radius 3 is 2.32 bits per heavy atom. The number of aryl methyl sites for hydroxylation is 1. The van der Waals surface area contributed by atoms with Crippen molar-refractivity contribution in [3.8, 4) is 11.3 Å². The van der Waals surface area contributed by atoms with E-state index < -0.39 is 0 Å². The molecule has 3 nitrogen and oxygen atoms in total. The minimum absolute atomic E-state index is 0.127. The van der Waals surface area contributed by atoms with Gasteiger partial charge in [-0.1, -0.05) is 23.2 Å². The average molecular weight is 298 g/mol. The molecule has 0 saturated heterocycles. The zero-order chi connectivity index (χ0) is 14.4. The highest BCUT2D eigenvalue weighted by Gasteiger charge is 2.23. The summed E-state index contributed by atoms with van der Waals surface area (Å²) in [4.78, 5) is 4.55. The van der Waals surface area contributed by atoms with E-state index in [0.29, 0.717) is 21.6 Å². The third-order valence-electron chi connectivity index (χ3n) is 2.94. The van der Waals surface area contributed by atoms with Crippen LogP contribution in [0.25, 0.3) is 11.3 Å². The summed E-state index contributed by atoms with van der Waals surface area (Å²) in [6, 6.07) is 5.33. The average Bonchev–Trinajstić information content (AvgIpc) is 2.53. The van der Waals surface area contributed by atoms with Gasteiger partial charge >= 0.3 is 0 Å². The summed E-state index contributed by atoms with van der Waals surface area (Å²) < 4.78 is 2.01. The number of anilines is 1. The minimum atomic E-state index is -0.127. The van der Waals surface area contributed by atoms with Crippen LogP contribution in [0, 0.1) is 6.92 Å². The van der Waals surface area contributed by atoms with Crippen molar-refractivity contribution >= 4 is 29.0 Å². The second kappa shape index (κ2) is 4.73. The van der Waals surface area contributed by atoms with Crippen molar-refractivity contribution in [1.82, 2.24) is 9.55 Å². The lowest BCUT2D eigenvalue weighted by Crippen LogP contribution is -2.24. The number of benzene rings is 1. The molecule has 0 fully saturated rings. The zero-order valence-electron chi connectivity index (χ0n) is 11.5. The zero-order valence-corrected chi connectivity index (χ0v) is 13.0. The van der Waals surface area contributed by atoms with Gasteiger partial charge in [-0.05, 0) is 45.9 Å². The summed E-state index contributed by atoms with van der Waals surface area (Å²) >= 11 is 12.1. The molecular weight excluding hydrogens is 281 g/mol. The second-order valence-electron chi connectivity index (χ2n) is 5.52. The number of hydrogen-bond acceptors (Lipinski definition) is 2. The number of aromatic nitrogens is 2. The lowest BCUT2D eigenvalue weighted by Gasteiger charge is -2.24. The fraction of sp³-hybridized carbons (Fsp3) is 0.357. The normalized spacial score (nSPS) is 11.9. The second-order valence-corrected chi connectivity index (χ2v) is 6.37. The first-order chi connectivity index (χ1) is 8.71. The third kappa shape index (κ3) is 2.58. The van der Waals surface area contributed by atoms with Crippen molar-refractivity contribution in [2.45, 2.75) is 33.2 Å². The molecule has 0 aliphatic carbocycles. The van der Waals surface area contributed by atoms with E-state index in [2.05, 4.69) is 25.8 Å². The molecule has 0 aliphatic rings. The quantitative estimate of drug-likeness (QED) is 0.842. The van der Waals surface area contributed by atoms with Crippen molar-refractivity contribution in [3.05, 3.63) is 34.1 Å². The Labute approximate surface area is 123 Å². The summed E-state index contributed by atoms with van der Waals surface area (Å²) in [6.45, 7) is 8.21. The Bertz CT molecular complexity index is 624. The van der Waals surface area contributed by atoms with Crippen LogP contribution in [0.3, 0.4) is 0 Å². The molecule has 2 N–H and O–H groups in total. The van der Waals surface area contributed by atoms with Gasteiger partial charge in [-0.2, -0.15) is 0 Å². The maximum atomic E-state index is 6.24. The molecule has 0 atom stereocenters. The molecule has 102 valence electrons. The first-order valence-electron chi connectivity index (χ1n) is 6.02. The molecule has 0 aliphatic heterocycles. The first-order valence-corrected chi connectivity index (χ1v) is 6.78. The molecule has 0 saturated carbocycles. The number of nitrogens with zero attached hydrogens (tertiary/aromatic N) is 2. The fourth-order valence-corrected chi connectivity index (χ4v) is 2.77. The molecule has 1 aromatic carbocycles. The van der Waals surface area contributed by atoms with Crippen molar-refractivity contribution < 1.29 is 0 Å². The van der Waals surface area contributed by atoms with Crippen LogP contribution in [0.15, 0.2) is 18.2 Å². The van der Waals surface area contributed by atoms with Gasteiger partial charge in [-0.3, -0.25) is 0 Å². The highest BCUT2D eigenvalue weighted by molar-refractivity contribution is 6.36. The maximum absolute atomic E-state index is 6.24. The van der Waals surface area contributed by atoms with Crippen LogP contribution in [-0.4, -0.2) is 9.55 Å². The molecule has 0 amide bonds. The Hall–Kier alpha value is -1.19. The molecule has 1 heterocycles. The lowest BCUT2D eigenvalue weighted by molar-refractivity contribution is 0.393. The van der Waals surface area contributed by atoms with Crippen LogP contribution in [0.2, 0.25) is 10.0 Å². The molecule has 0 unspecified atom stereocenters. The Morgan fingerprint density at radius 1 is 1.21 bits per heavy atom. The van der Waals surface area contributed by atoms with E-state index >= 15 is 0 Å². The van der Waals surface area contributed by atoms with Gasteiger partial charge in [0.1, 0.15) is 17.3 Å². The van der Waals surface area contributed by atoms with E-state index in [1.54, 1.807) is 12.1 Å². The molecule has 0 spiro atoms. The predicted octanol–water partition coefficient (Wildman–Crippen LogP) is 4.50. The van der Waals surface area contributed by atoms with Crippen LogP contribution in [0.4, 0.5) is 5.82 Å². The van der Waals surface area contributed by atoms with E-state index in [9.17, 15) is 0 Å². The maximum Gasteiger partial charge on any atom is 0.132 e. The van der Waals surface area contributed by atoms with Crippen LogP contribution in [0.1, 0.15) is 26.6 Å². The molecule has 0 bridgehead atoms. The van der Waals surface area contributed by atoms with Crippen LogP contribution < -0.4 is 5.73 Å². The molecular formula is C14H17Cl2N3. The van der Waals surface area contributed by atoms with E-state index in [1.165, 1.54) is 0 Å². The monoisotopic (exact) mass is 297 g/mol. The number of nitrogen functional groups attached to an aromatic ring is 1. The SMILES string of the molecule is Cc1nc(-c2ccc(Cl)cc2Cl)c(N)n1C(C)(C)C. The van der Waals surface area contributed by atoms with Crippen molar-refractivity contribution in [3.63, 3.8) is 0 Å². The minimum Gasteiger partial charge on any atom is -0.383 e. The number of rotatable bonds is 1. The third-order valence-corrected chi connectivity index (χ3v) is 3.49. The lowest BCUT2D eigenvalue weighted by atomic mass is 10.1. The van der Waals surface area contributed by atoms with E-state index in [0.717, 1.165) is 11.4 Å². The molecule has 2 rings (SSSR count). The van der Waals surface area contributed by atoms with Crippen LogP contribution >= 0.6 is 23.2 Å². The largest absolute Gasteiger partial charge is 0.383 e. The first kappa shape index (κ1) is 14.2. The Balaban J connectivity index is 2.65. The highest BCUT2D eigenvalue weighted by Crippen LogP contribution is 2.35. The summed E-state index contributed by atoms with van der Waals surface area (Å²) in [5, 5.41) is 1.15. The van der Waals surface area contributed by atoms with Gasteiger partial charge in [-0.15, -0.1) is 0 Å². The summed E-state index contributed by atoms with van der Waals surface area (Å²) in [6.07, 6.45) is 0.